The first-order chi connectivity index (χ1) is 10.2. The number of urea groups is 1. The van der Waals surface area contributed by atoms with Crippen molar-refractivity contribution in [1.29, 1.82) is 0 Å². The van der Waals surface area contributed by atoms with Crippen molar-refractivity contribution in [2.24, 2.45) is 0 Å². The largest absolute Gasteiger partial charge is 0.448 e. The zero-order valence-corrected chi connectivity index (χ0v) is 11.6. The third kappa shape index (κ3) is 3.15. The third-order valence-electron chi connectivity index (χ3n) is 3.64. The summed E-state index contributed by atoms with van der Waals surface area (Å²) >= 11 is 0. The van der Waals surface area contributed by atoms with E-state index in [1.165, 1.54) is 11.3 Å². The molecule has 2 aliphatic heterocycles. The molecule has 1 aromatic rings. The molecule has 1 aromatic heterocycles. The lowest BCUT2D eigenvalue weighted by Crippen LogP contribution is -2.54. The summed E-state index contributed by atoms with van der Waals surface area (Å²) in [5.74, 6) is 0.319. The second-order valence-electron chi connectivity index (χ2n) is 5.14. The summed E-state index contributed by atoms with van der Waals surface area (Å²) in [7, 11) is 0. The van der Waals surface area contributed by atoms with E-state index in [0.717, 1.165) is 19.3 Å². The summed E-state index contributed by atoms with van der Waals surface area (Å²) in [6.45, 7) is 2.48. The Morgan fingerprint density at radius 1 is 1.43 bits per heavy atom. The molecule has 0 aromatic carbocycles. The van der Waals surface area contributed by atoms with Gasteiger partial charge in [0.1, 0.15) is 6.26 Å². The van der Waals surface area contributed by atoms with Gasteiger partial charge in [0, 0.05) is 32.2 Å². The molecule has 0 bridgehead atoms. The average Bonchev–Trinajstić information content (AvgIpc) is 3.00. The molecule has 0 unspecified atom stereocenters. The highest BCUT2D eigenvalue weighted by atomic mass is 16.5. The van der Waals surface area contributed by atoms with Crippen molar-refractivity contribution in [2.75, 3.05) is 26.3 Å². The smallest absolute Gasteiger partial charge is 0.336 e. The summed E-state index contributed by atoms with van der Waals surface area (Å²) < 4.78 is 10.7. The number of nitrogens with one attached hydrogen (secondary N) is 2. The number of aromatic nitrogens is 1. The van der Waals surface area contributed by atoms with E-state index in [2.05, 4.69) is 15.7 Å². The Balaban J connectivity index is 1.62. The fraction of sp³-hybridized carbons (Fsp3) is 0.615. The minimum Gasteiger partial charge on any atom is -0.448 e. The van der Waals surface area contributed by atoms with Gasteiger partial charge in [0.25, 0.3) is 5.91 Å². The van der Waals surface area contributed by atoms with Crippen molar-refractivity contribution in [1.82, 2.24) is 20.7 Å². The van der Waals surface area contributed by atoms with Crippen LogP contribution in [0.3, 0.4) is 0 Å². The van der Waals surface area contributed by atoms with Gasteiger partial charge in [-0.2, -0.15) is 0 Å². The van der Waals surface area contributed by atoms with Crippen LogP contribution in [0, 0.1) is 0 Å². The van der Waals surface area contributed by atoms with Crippen LogP contribution in [-0.4, -0.2) is 48.2 Å². The molecule has 0 aliphatic carbocycles. The van der Waals surface area contributed by atoms with Crippen molar-refractivity contribution in [3.8, 4) is 0 Å². The first kappa shape index (κ1) is 13.9. The normalized spacial score (nSPS) is 20.2. The number of nitrogens with zero attached hydrogens (tertiary/aromatic N) is 2. The van der Waals surface area contributed by atoms with Crippen LogP contribution in [0.4, 0.5) is 4.79 Å². The van der Waals surface area contributed by atoms with Crippen LogP contribution in [0.2, 0.25) is 0 Å². The molecule has 0 atom stereocenters. The molecule has 21 heavy (non-hydrogen) atoms. The summed E-state index contributed by atoms with van der Waals surface area (Å²) in [6.07, 6.45) is 3.81. The molecular weight excluding hydrogens is 276 g/mol. The third-order valence-corrected chi connectivity index (χ3v) is 3.64. The molecule has 0 radical (unpaired) electrons. The Kier molecular flexibility index (Phi) is 4.05. The van der Waals surface area contributed by atoms with Gasteiger partial charge < -0.3 is 14.5 Å². The summed E-state index contributed by atoms with van der Waals surface area (Å²) in [5, 5.41) is 3.92. The maximum absolute atomic E-state index is 12.1. The van der Waals surface area contributed by atoms with Crippen LogP contribution in [0.5, 0.6) is 0 Å². The van der Waals surface area contributed by atoms with Gasteiger partial charge in [-0.05, 0) is 19.3 Å². The molecular formula is C13H18N4O4. The van der Waals surface area contributed by atoms with Crippen LogP contribution in [0.25, 0.3) is 0 Å². The number of oxazole rings is 1. The molecule has 8 heteroatoms. The Morgan fingerprint density at radius 3 is 3.00 bits per heavy atom. The molecule has 114 valence electrons. The standard InChI is InChI=1S/C13H18N4O4/c18-11(16-17-5-1-4-14-13(17)19)10-8-21-12(15-10)9-2-6-20-7-3-9/h8-9H,1-7H2,(H,14,19)(H,16,18). The second kappa shape index (κ2) is 6.13. The van der Waals surface area contributed by atoms with E-state index < -0.39 is 5.91 Å². The molecule has 3 rings (SSSR count). The second-order valence-corrected chi connectivity index (χ2v) is 5.14. The molecule has 2 saturated heterocycles. The van der Waals surface area contributed by atoms with Gasteiger partial charge in [-0.25, -0.2) is 14.8 Å². The first-order valence-electron chi connectivity index (χ1n) is 7.13. The molecule has 8 nitrogen and oxygen atoms in total. The Hall–Kier alpha value is -2.09. The highest BCUT2D eigenvalue weighted by molar-refractivity contribution is 5.93. The van der Waals surface area contributed by atoms with E-state index in [1.54, 1.807) is 0 Å². The zero-order valence-electron chi connectivity index (χ0n) is 11.6. The minimum atomic E-state index is -0.436. The van der Waals surface area contributed by atoms with E-state index >= 15 is 0 Å². The molecule has 0 saturated carbocycles. The van der Waals surface area contributed by atoms with Crippen LogP contribution in [-0.2, 0) is 4.74 Å². The maximum atomic E-state index is 12.1. The van der Waals surface area contributed by atoms with Gasteiger partial charge in [-0.3, -0.25) is 10.2 Å². The van der Waals surface area contributed by atoms with Crippen LogP contribution >= 0.6 is 0 Å². The van der Waals surface area contributed by atoms with Crippen LogP contribution < -0.4 is 10.7 Å². The molecule has 2 N–H and O–H groups in total. The van der Waals surface area contributed by atoms with Gasteiger partial charge in [-0.1, -0.05) is 0 Å². The number of hydrogen-bond donors (Lipinski definition) is 2. The summed E-state index contributed by atoms with van der Waals surface area (Å²) in [4.78, 5) is 27.9. The minimum absolute atomic E-state index is 0.190. The van der Waals surface area contributed by atoms with Crippen LogP contribution in [0.15, 0.2) is 10.7 Å². The Morgan fingerprint density at radius 2 is 2.24 bits per heavy atom. The predicted molar refractivity (Wildman–Crippen MR) is 71.5 cm³/mol. The number of carbonyl (C=O) groups is 2. The molecule has 3 amide bonds. The number of hydrazine groups is 1. The van der Waals surface area contributed by atoms with Crippen molar-refractivity contribution in [2.45, 2.75) is 25.2 Å². The number of ether oxygens (including phenoxy) is 1. The van der Waals surface area contributed by atoms with E-state index in [-0.39, 0.29) is 17.6 Å². The van der Waals surface area contributed by atoms with E-state index in [9.17, 15) is 9.59 Å². The van der Waals surface area contributed by atoms with E-state index in [0.29, 0.717) is 32.2 Å². The molecule has 3 heterocycles. The summed E-state index contributed by atoms with van der Waals surface area (Å²) in [5.41, 5.74) is 2.73. The number of carbonyl (C=O) groups excluding carboxylic acids is 2. The van der Waals surface area contributed by atoms with Gasteiger partial charge in [0.15, 0.2) is 11.6 Å². The highest BCUT2D eigenvalue weighted by Gasteiger charge is 2.25. The van der Waals surface area contributed by atoms with Gasteiger partial charge in [-0.15, -0.1) is 0 Å². The number of amides is 3. The lowest BCUT2D eigenvalue weighted by atomic mass is 10.0. The van der Waals surface area contributed by atoms with Gasteiger partial charge >= 0.3 is 6.03 Å². The van der Waals surface area contributed by atoms with Crippen molar-refractivity contribution in [3.05, 3.63) is 17.8 Å². The quantitative estimate of drug-likeness (QED) is 0.852. The van der Waals surface area contributed by atoms with E-state index in [4.69, 9.17) is 9.15 Å². The Labute approximate surface area is 121 Å². The monoisotopic (exact) mass is 294 g/mol. The fourth-order valence-electron chi connectivity index (χ4n) is 2.44. The molecule has 2 fully saturated rings. The molecule has 0 spiro atoms. The van der Waals surface area contributed by atoms with Crippen molar-refractivity contribution >= 4 is 11.9 Å². The topological polar surface area (TPSA) is 96.7 Å². The lowest BCUT2D eigenvalue weighted by Gasteiger charge is -2.27. The predicted octanol–water partition coefficient (Wildman–Crippen LogP) is 0.629. The van der Waals surface area contributed by atoms with E-state index in [1.807, 2.05) is 0 Å². The number of hydrogen-bond acceptors (Lipinski definition) is 5. The number of rotatable bonds is 3. The SMILES string of the molecule is O=C(NN1CCCNC1=O)c1coc(C2CCOCC2)n1. The molecule has 2 aliphatic rings. The van der Waals surface area contributed by atoms with Crippen molar-refractivity contribution in [3.63, 3.8) is 0 Å². The maximum Gasteiger partial charge on any atom is 0.336 e. The van der Waals surface area contributed by atoms with Crippen molar-refractivity contribution < 1.29 is 18.7 Å². The lowest BCUT2D eigenvalue weighted by molar-refractivity contribution is 0.0792. The zero-order chi connectivity index (χ0) is 14.7. The Bertz CT molecular complexity index is 524. The fourth-order valence-corrected chi connectivity index (χ4v) is 2.44. The van der Waals surface area contributed by atoms with Gasteiger partial charge in [0.2, 0.25) is 0 Å². The van der Waals surface area contributed by atoms with Crippen LogP contribution in [0.1, 0.15) is 41.6 Å². The first-order valence-corrected chi connectivity index (χ1v) is 7.13. The summed E-state index contributed by atoms with van der Waals surface area (Å²) in [6, 6.07) is -0.303. The average molecular weight is 294 g/mol. The highest BCUT2D eigenvalue weighted by Crippen LogP contribution is 2.26. The van der Waals surface area contributed by atoms with Gasteiger partial charge in [0.05, 0.1) is 0 Å².